The lowest BCUT2D eigenvalue weighted by Crippen LogP contribution is -2.10. The topological polar surface area (TPSA) is 53.6 Å². The first-order valence-corrected chi connectivity index (χ1v) is 6.60. The van der Waals surface area contributed by atoms with E-state index < -0.39 is 11.2 Å². The molecule has 1 saturated carbocycles. The van der Waals surface area contributed by atoms with Crippen molar-refractivity contribution in [3.8, 4) is 6.07 Å². The lowest BCUT2D eigenvalue weighted by molar-refractivity contribution is 0.628. The average Bonchev–Trinajstić information content (AvgIpc) is 3.14. The molecule has 0 amide bonds. The highest BCUT2D eigenvalue weighted by Crippen LogP contribution is 2.51. The van der Waals surface area contributed by atoms with Gasteiger partial charge < -0.3 is 5.32 Å². The molecule has 0 saturated heterocycles. The zero-order valence-electron chi connectivity index (χ0n) is 10.8. The van der Waals surface area contributed by atoms with Gasteiger partial charge in [-0.3, -0.25) is 4.68 Å². The number of hydrogen-bond donors (Lipinski definition) is 1. The standard InChI is InChI=1S/C14H12ClFN4/c1-20-11(4-7-18-20)19-13-9(14(8-17)5-6-14)2-3-10(15)12(13)16/h2-4,7,19H,5-6H2,1H3. The Kier molecular flexibility index (Phi) is 2.91. The zero-order valence-corrected chi connectivity index (χ0v) is 11.6. The van der Waals surface area contributed by atoms with Gasteiger partial charge in [-0.1, -0.05) is 17.7 Å². The van der Waals surface area contributed by atoms with Gasteiger partial charge in [0.1, 0.15) is 5.82 Å². The van der Waals surface area contributed by atoms with Crippen LogP contribution in [0.25, 0.3) is 0 Å². The number of benzene rings is 1. The van der Waals surface area contributed by atoms with Crippen LogP contribution < -0.4 is 5.32 Å². The Hall–Kier alpha value is -2.06. The van der Waals surface area contributed by atoms with Crippen LogP contribution in [0.2, 0.25) is 5.02 Å². The van der Waals surface area contributed by atoms with Gasteiger partial charge in [-0.25, -0.2) is 4.39 Å². The molecule has 20 heavy (non-hydrogen) atoms. The largest absolute Gasteiger partial charge is 0.338 e. The number of nitriles is 1. The Morgan fingerprint density at radius 3 is 2.75 bits per heavy atom. The third-order valence-corrected chi connectivity index (χ3v) is 3.94. The molecular weight excluding hydrogens is 279 g/mol. The minimum Gasteiger partial charge on any atom is -0.338 e. The smallest absolute Gasteiger partial charge is 0.165 e. The summed E-state index contributed by atoms with van der Waals surface area (Å²) in [4.78, 5) is 0. The lowest BCUT2D eigenvalue weighted by Gasteiger charge is -2.16. The summed E-state index contributed by atoms with van der Waals surface area (Å²) in [5.74, 6) is 0.105. The molecule has 0 atom stereocenters. The van der Waals surface area contributed by atoms with E-state index in [1.165, 1.54) is 6.07 Å². The molecule has 6 heteroatoms. The van der Waals surface area contributed by atoms with Gasteiger partial charge in [0.2, 0.25) is 0 Å². The average molecular weight is 291 g/mol. The fourth-order valence-electron chi connectivity index (χ4n) is 2.26. The van der Waals surface area contributed by atoms with Crippen LogP contribution in [-0.4, -0.2) is 9.78 Å². The number of rotatable bonds is 3. The molecule has 1 aromatic heterocycles. The molecule has 102 valence electrons. The Balaban J connectivity index is 2.11. The van der Waals surface area contributed by atoms with E-state index in [9.17, 15) is 9.65 Å². The van der Waals surface area contributed by atoms with Crippen molar-refractivity contribution in [2.24, 2.45) is 7.05 Å². The van der Waals surface area contributed by atoms with Crippen LogP contribution in [0.5, 0.6) is 0 Å². The van der Waals surface area contributed by atoms with Crippen LogP contribution in [0, 0.1) is 17.1 Å². The van der Waals surface area contributed by atoms with Crippen molar-refractivity contribution in [2.45, 2.75) is 18.3 Å². The van der Waals surface area contributed by atoms with Gasteiger partial charge in [0, 0.05) is 13.1 Å². The minimum absolute atomic E-state index is 0.0344. The first-order valence-electron chi connectivity index (χ1n) is 6.22. The molecule has 0 radical (unpaired) electrons. The maximum Gasteiger partial charge on any atom is 0.165 e. The van der Waals surface area contributed by atoms with Crippen molar-refractivity contribution >= 4 is 23.1 Å². The highest BCUT2D eigenvalue weighted by Gasteiger charge is 2.47. The summed E-state index contributed by atoms with van der Waals surface area (Å²) in [7, 11) is 1.75. The minimum atomic E-state index is -0.591. The van der Waals surface area contributed by atoms with Crippen LogP contribution in [0.4, 0.5) is 15.9 Å². The van der Waals surface area contributed by atoms with E-state index in [0.29, 0.717) is 11.4 Å². The summed E-state index contributed by atoms with van der Waals surface area (Å²) in [6, 6.07) is 7.23. The van der Waals surface area contributed by atoms with E-state index in [-0.39, 0.29) is 10.7 Å². The first-order chi connectivity index (χ1) is 9.57. The first kappa shape index (κ1) is 12.9. The Morgan fingerprint density at radius 2 is 2.20 bits per heavy atom. The zero-order chi connectivity index (χ0) is 14.3. The fraction of sp³-hybridized carbons (Fsp3) is 0.286. The molecule has 1 fully saturated rings. The van der Waals surface area contributed by atoms with E-state index in [2.05, 4.69) is 16.5 Å². The molecule has 0 unspecified atom stereocenters. The summed E-state index contributed by atoms with van der Waals surface area (Å²) >= 11 is 5.86. The normalized spacial score (nSPS) is 15.7. The molecular formula is C14H12ClFN4. The number of halogens is 2. The molecule has 0 spiro atoms. The Morgan fingerprint density at radius 1 is 1.45 bits per heavy atom. The summed E-state index contributed by atoms with van der Waals surface area (Å²) in [5, 5.41) is 16.4. The van der Waals surface area contributed by atoms with Crippen molar-refractivity contribution in [1.82, 2.24) is 9.78 Å². The predicted molar refractivity (Wildman–Crippen MR) is 74.4 cm³/mol. The van der Waals surface area contributed by atoms with E-state index in [1.807, 2.05) is 0 Å². The highest BCUT2D eigenvalue weighted by molar-refractivity contribution is 6.31. The molecule has 1 aliphatic rings. The number of anilines is 2. The summed E-state index contributed by atoms with van der Waals surface area (Å²) < 4.78 is 15.9. The van der Waals surface area contributed by atoms with Gasteiger partial charge in [-0.2, -0.15) is 10.4 Å². The Labute approximate surface area is 120 Å². The molecule has 1 heterocycles. The predicted octanol–water partition coefficient (Wildman–Crippen LogP) is 3.51. The SMILES string of the molecule is Cn1nccc1Nc1c(C2(C#N)CC2)ccc(Cl)c1F. The van der Waals surface area contributed by atoms with Crippen molar-refractivity contribution in [2.75, 3.05) is 5.32 Å². The Bertz CT molecular complexity index is 712. The van der Waals surface area contributed by atoms with Crippen molar-refractivity contribution in [3.63, 3.8) is 0 Å². The number of hydrogen-bond acceptors (Lipinski definition) is 3. The fourth-order valence-corrected chi connectivity index (χ4v) is 2.42. The molecule has 1 aromatic carbocycles. The summed E-state index contributed by atoms with van der Waals surface area (Å²) in [6.45, 7) is 0. The monoisotopic (exact) mass is 290 g/mol. The maximum atomic E-state index is 14.3. The van der Waals surface area contributed by atoms with E-state index in [4.69, 9.17) is 11.6 Å². The molecule has 3 rings (SSSR count). The van der Waals surface area contributed by atoms with Gasteiger partial charge in [0.05, 0.1) is 28.4 Å². The highest BCUT2D eigenvalue weighted by atomic mass is 35.5. The second kappa shape index (κ2) is 4.50. The van der Waals surface area contributed by atoms with Crippen LogP contribution in [0.3, 0.4) is 0 Å². The van der Waals surface area contributed by atoms with E-state index in [1.54, 1.807) is 30.1 Å². The van der Waals surface area contributed by atoms with Gasteiger partial charge in [0.15, 0.2) is 5.82 Å². The second-order valence-electron chi connectivity index (χ2n) is 4.94. The van der Waals surface area contributed by atoms with Crippen LogP contribution in [0.15, 0.2) is 24.4 Å². The third-order valence-electron chi connectivity index (χ3n) is 3.65. The number of nitrogens with zero attached hydrogens (tertiary/aromatic N) is 3. The second-order valence-corrected chi connectivity index (χ2v) is 5.35. The van der Waals surface area contributed by atoms with Crippen LogP contribution in [-0.2, 0) is 12.5 Å². The van der Waals surface area contributed by atoms with Gasteiger partial charge in [0.25, 0.3) is 0 Å². The molecule has 0 aliphatic heterocycles. The summed E-state index contributed by atoms with van der Waals surface area (Å²) in [6.07, 6.45) is 3.09. The van der Waals surface area contributed by atoms with Crippen molar-refractivity contribution < 1.29 is 4.39 Å². The van der Waals surface area contributed by atoms with Crippen LogP contribution >= 0.6 is 11.6 Å². The van der Waals surface area contributed by atoms with Crippen molar-refractivity contribution in [3.05, 3.63) is 40.8 Å². The molecule has 1 aliphatic carbocycles. The molecule has 4 nitrogen and oxygen atoms in total. The molecule has 0 bridgehead atoms. The van der Waals surface area contributed by atoms with Gasteiger partial charge in [-0.15, -0.1) is 0 Å². The number of nitrogens with one attached hydrogen (secondary N) is 1. The van der Waals surface area contributed by atoms with Gasteiger partial charge in [-0.05, 0) is 24.5 Å². The molecule has 1 N–H and O–H groups in total. The van der Waals surface area contributed by atoms with Crippen molar-refractivity contribution in [1.29, 1.82) is 5.26 Å². The maximum absolute atomic E-state index is 14.3. The summed E-state index contributed by atoms with van der Waals surface area (Å²) in [5.41, 5.74) is 0.329. The lowest BCUT2D eigenvalue weighted by atomic mass is 9.95. The van der Waals surface area contributed by atoms with Gasteiger partial charge >= 0.3 is 0 Å². The quantitative estimate of drug-likeness (QED) is 0.941. The third kappa shape index (κ3) is 1.93. The van der Waals surface area contributed by atoms with E-state index >= 15 is 0 Å². The molecule has 2 aromatic rings. The number of aryl methyl sites for hydroxylation is 1. The van der Waals surface area contributed by atoms with E-state index in [0.717, 1.165) is 12.8 Å². The number of aromatic nitrogens is 2. The van der Waals surface area contributed by atoms with Crippen LogP contribution in [0.1, 0.15) is 18.4 Å².